The molecule has 1 saturated carbocycles. The van der Waals surface area contributed by atoms with Gasteiger partial charge in [0.2, 0.25) is 0 Å². The average Bonchev–Trinajstić information content (AvgIpc) is 3.59. The van der Waals surface area contributed by atoms with Gasteiger partial charge < -0.3 is 14.5 Å². The molecule has 0 radical (unpaired) electrons. The van der Waals surface area contributed by atoms with Crippen LogP contribution in [0.1, 0.15) is 34.3 Å². The minimum atomic E-state index is -4.33. The third kappa shape index (κ3) is 5.12. The van der Waals surface area contributed by atoms with Gasteiger partial charge in [-0.2, -0.15) is 23.0 Å². The van der Waals surface area contributed by atoms with Crippen LogP contribution in [0.4, 0.5) is 18.0 Å². The standard InChI is InChI=1S/C25H30F3N5O3/c1-30(13-17-2-4-21(5-3-17)25(26,27)28)22-10-18-14-32(15-19(18)11-22)24(35)33-16-20(12-29-33)23(34)31-6-8-36-9-7-31/h2-5,12,16,18-19,22H,6-11,13-15H2,1H3/t18-,19+,22-. The Labute approximate surface area is 207 Å². The molecule has 36 heavy (non-hydrogen) atoms. The van der Waals surface area contributed by atoms with Crippen LogP contribution in [0, 0.1) is 11.8 Å². The third-order valence-electron chi connectivity index (χ3n) is 7.66. The third-order valence-corrected chi connectivity index (χ3v) is 7.66. The van der Waals surface area contributed by atoms with Crippen molar-refractivity contribution in [1.29, 1.82) is 0 Å². The van der Waals surface area contributed by atoms with Crippen LogP contribution in [0.3, 0.4) is 0 Å². The van der Waals surface area contributed by atoms with E-state index in [4.69, 9.17) is 4.74 Å². The normalized spacial score (nSPS) is 24.4. The van der Waals surface area contributed by atoms with Crippen molar-refractivity contribution in [2.24, 2.45) is 11.8 Å². The molecule has 2 aromatic rings. The fraction of sp³-hybridized carbons (Fsp3) is 0.560. The molecule has 0 spiro atoms. The molecule has 0 bridgehead atoms. The van der Waals surface area contributed by atoms with Crippen molar-refractivity contribution in [2.45, 2.75) is 31.6 Å². The van der Waals surface area contributed by atoms with Crippen molar-refractivity contribution < 1.29 is 27.5 Å². The van der Waals surface area contributed by atoms with Gasteiger partial charge in [0.25, 0.3) is 5.91 Å². The predicted octanol–water partition coefficient (Wildman–Crippen LogP) is 3.18. The van der Waals surface area contributed by atoms with E-state index in [2.05, 4.69) is 10.00 Å². The lowest BCUT2D eigenvalue weighted by Crippen LogP contribution is -2.40. The Morgan fingerprint density at radius 1 is 1.06 bits per heavy atom. The molecule has 2 saturated heterocycles. The first-order valence-corrected chi connectivity index (χ1v) is 12.3. The number of nitrogens with zero attached hydrogens (tertiary/aromatic N) is 5. The number of halogens is 3. The fourth-order valence-corrected chi connectivity index (χ4v) is 5.63. The van der Waals surface area contributed by atoms with Gasteiger partial charge in [0.15, 0.2) is 0 Å². The summed E-state index contributed by atoms with van der Waals surface area (Å²) in [5, 5.41) is 4.15. The summed E-state index contributed by atoms with van der Waals surface area (Å²) >= 11 is 0. The lowest BCUT2D eigenvalue weighted by molar-refractivity contribution is -0.137. The summed E-state index contributed by atoms with van der Waals surface area (Å²) in [4.78, 5) is 31.4. The second kappa shape index (κ2) is 9.85. The number of amides is 2. The SMILES string of the molecule is CN(Cc1ccc(C(F)(F)F)cc1)[C@@H]1C[C@@H]2CN(C(=O)n3cc(C(=O)N4CCOCC4)cn3)C[C@@H]2C1. The van der Waals surface area contributed by atoms with Gasteiger partial charge in [0.1, 0.15) is 0 Å². The molecular weight excluding hydrogens is 475 g/mol. The molecule has 5 rings (SSSR count). The highest BCUT2D eigenvalue weighted by Gasteiger charge is 2.44. The molecule has 2 aliphatic heterocycles. The molecule has 3 heterocycles. The molecule has 3 fully saturated rings. The highest BCUT2D eigenvalue weighted by molar-refractivity contribution is 5.94. The van der Waals surface area contributed by atoms with E-state index in [9.17, 15) is 22.8 Å². The lowest BCUT2D eigenvalue weighted by Gasteiger charge is -2.26. The molecule has 8 nitrogen and oxygen atoms in total. The Morgan fingerprint density at radius 3 is 2.31 bits per heavy atom. The average molecular weight is 506 g/mol. The van der Waals surface area contributed by atoms with E-state index in [1.807, 2.05) is 7.05 Å². The zero-order valence-corrected chi connectivity index (χ0v) is 20.2. The fourth-order valence-electron chi connectivity index (χ4n) is 5.63. The van der Waals surface area contributed by atoms with Gasteiger partial charge in [-0.05, 0) is 49.4 Å². The lowest BCUT2D eigenvalue weighted by atomic mass is 10.0. The molecule has 0 unspecified atom stereocenters. The number of carbonyl (C=O) groups is 2. The Bertz CT molecular complexity index is 1080. The van der Waals surface area contributed by atoms with E-state index in [1.54, 1.807) is 9.80 Å². The van der Waals surface area contributed by atoms with Crippen LogP contribution in [0.25, 0.3) is 0 Å². The summed E-state index contributed by atoms with van der Waals surface area (Å²) in [6.45, 7) is 3.94. The van der Waals surface area contributed by atoms with Gasteiger partial charge in [-0.3, -0.25) is 9.69 Å². The highest BCUT2D eigenvalue weighted by atomic mass is 19.4. The van der Waals surface area contributed by atoms with Crippen LogP contribution in [0.2, 0.25) is 0 Å². The highest BCUT2D eigenvalue weighted by Crippen LogP contribution is 2.40. The number of benzene rings is 1. The van der Waals surface area contributed by atoms with Gasteiger partial charge >= 0.3 is 12.2 Å². The monoisotopic (exact) mass is 505 g/mol. The summed E-state index contributed by atoms with van der Waals surface area (Å²) in [6, 6.07) is 5.44. The summed E-state index contributed by atoms with van der Waals surface area (Å²) in [6.07, 6.45) is 0.497. The number of morpholine rings is 1. The molecule has 1 aliphatic carbocycles. The van der Waals surface area contributed by atoms with Crippen LogP contribution >= 0.6 is 0 Å². The topological polar surface area (TPSA) is 70.9 Å². The van der Waals surface area contributed by atoms with Gasteiger partial charge in [-0.15, -0.1) is 0 Å². The zero-order valence-electron chi connectivity index (χ0n) is 20.2. The summed E-state index contributed by atoms with van der Waals surface area (Å²) in [5.74, 6) is 0.604. The maximum absolute atomic E-state index is 13.0. The van der Waals surface area contributed by atoms with E-state index in [-0.39, 0.29) is 11.9 Å². The van der Waals surface area contributed by atoms with Crippen molar-refractivity contribution in [3.05, 3.63) is 53.3 Å². The molecule has 3 aliphatic rings. The van der Waals surface area contributed by atoms with Crippen LogP contribution < -0.4 is 0 Å². The number of carbonyl (C=O) groups excluding carboxylic acids is 2. The Kier molecular flexibility index (Phi) is 6.78. The van der Waals surface area contributed by atoms with Crippen LogP contribution in [0.15, 0.2) is 36.7 Å². The minimum absolute atomic E-state index is 0.144. The second-order valence-corrected chi connectivity index (χ2v) is 10.0. The van der Waals surface area contributed by atoms with E-state index < -0.39 is 11.7 Å². The van der Waals surface area contributed by atoms with Gasteiger partial charge in [0.05, 0.1) is 30.5 Å². The van der Waals surface area contributed by atoms with E-state index in [0.717, 1.165) is 30.5 Å². The van der Waals surface area contributed by atoms with Gasteiger partial charge in [0, 0.05) is 45.0 Å². The molecule has 194 valence electrons. The largest absolute Gasteiger partial charge is 0.416 e. The first-order chi connectivity index (χ1) is 17.2. The smallest absolute Gasteiger partial charge is 0.378 e. The number of rotatable bonds is 4. The number of likely N-dealkylation sites (tertiary alicyclic amines) is 1. The number of fused-ring (bicyclic) bond motifs is 1. The maximum Gasteiger partial charge on any atom is 0.416 e. The van der Waals surface area contributed by atoms with E-state index in [0.29, 0.717) is 69.4 Å². The molecule has 3 atom stereocenters. The molecular formula is C25H30F3N5O3. The molecule has 1 aromatic carbocycles. The summed E-state index contributed by atoms with van der Waals surface area (Å²) < 4.78 is 45.0. The van der Waals surface area contributed by atoms with Crippen molar-refractivity contribution in [2.75, 3.05) is 46.4 Å². The minimum Gasteiger partial charge on any atom is -0.378 e. The second-order valence-electron chi connectivity index (χ2n) is 10.0. The first kappa shape index (κ1) is 24.8. The Morgan fingerprint density at radius 2 is 1.69 bits per heavy atom. The molecule has 11 heteroatoms. The van der Waals surface area contributed by atoms with E-state index in [1.165, 1.54) is 29.2 Å². The van der Waals surface area contributed by atoms with Gasteiger partial charge in [-0.25, -0.2) is 4.79 Å². The van der Waals surface area contributed by atoms with Crippen molar-refractivity contribution in [3.8, 4) is 0 Å². The van der Waals surface area contributed by atoms with Crippen molar-refractivity contribution in [3.63, 3.8) is 0 Å². The van der Waals surface area contributed by atoms with Crippen LogP contribution in [-0.4, -0.2) is 88.9 Å². The summed E-state index contributed by atoms with van der Waals surface area (Å²) in [7, 11) is 2.00. The number of alkyl halides is 3. The first-order valence-electron chi connectivity index (χ1n) is 12.3. The van der Waals surface area contributed by atoms with Gasteiger partial charge in [-0.1, -0.05) is 12.1 Å². The molecule has 0 N–H and O–H groups in total. The Balaban J connectivity index is 1.13. The van der Waals surface area contributed by atoms with Crippen LogP contribution in [-0.2, 0) is 17.5 Å². The Hall–Kier alpha value is -2.92. The van der Waals surface area contributed by atoms with E-state index >= 15 is 0 Å². The van der Waals surface area contributed by atoms with Crippen molar-refractivity contribution in [1.82, 2.24) is 24.5 Å². The molecule has 1 aromatic heterocycles. The number of hydrogen-bond acceptors (Lipinski definition) is 5. The number of ether oxygens (including phenoxy) is 1. The zero-order chi connectivity index (χ0) is 25.4. The number of aromatic nitrogens is 2. The molecule has 2 amide bonds. The maximum atomic E-state index is 13.0. The quantitative estimate of drug-likeness (QED) is 0.639. The number of hydrogen-bond donors (Lipinski definition) is 0. The summed E-state index contributed by atoms with van der Waals surface area (Å²) in [5.41, 5.74) is 0.610. The predicted molar refractivity (Wildman–Crippen MR) is 124 cm³/mol. The van der Waals surface area contributed by atoms with Crippen LogP contribution in [0.5, 0.6) is 0 Å². The van der Waals surface area contributed by atoms with Crippen molar-refractivity contribution >= 4 is 11.9 Å².